The summed E-state index contributed by atoms with van der Waals surface area (Å²) >= 11 is 1.91. The van der Waals surface area contributed by atoms with Crippen LogP contribution in [0.15, 0.2) is 42.0 Å². The standard InChI is InChI=1S/C24H40N2S/c1-5-8-15-26(16-9-6-2)23-18-20(7-3)19-24(27-25-4)22(23)17-21-13-11-10-12-14-21/h10-14,19,22-25H,5-9,15-18H2,1-4H3. The highest BCUT2D eigenvalue weighted by molar-refractivity contribution is 7.98. The molecule has 0 fully saturated rings. The molecule has 0 bridgehead atoms. The zero-order chi connectivity index (χ0) is 19.5. The SMILES string of the molecule is CCCCN(CCCC)C1CC(CC)=CC(SNC)C1Cc1ccccc1. The molecule has 27 heavy (non-hydrogen) atoms. The second-order valence-electron chi connectivity index (χ2n) is 7.83. The van der Waals surface area contributed by atoms with E-state index in [1.807, 2.05) is 11.9 Å². The average Bonchev–Trinajstić information content (AvgIpc) is 2.70. The third-order valence-electron chi connectivity index (χ3n) is 5.88. The second kappa shape index (κ2) is 12.6. The van der Waals surface area contributed by atoms with Gasteiger partial charge >= 0.3 is 0 Å². The molecule has 2 rings (SSSR count). The van der Waals surface area contributed by atoms with E-state index in [-0.39, 0.29) is 0 Å². The van der Waals surface area contributed by atoms with E-state index >= 15 is 0 Å². The monoisotopic (exact) mass is 388 g/mol. The van der Waals surface area contributed by atoms with Gasteiger partial charge in [-0.2, -0.15) is 0 Å². The molecule has 0 heterocycles. The number of hydrogen-bond acceptors (Lipinski definition) is 3. The summed E-state index contributed by atoms with van der Waals surface area (Å²) < 4.78 is 3.40. The molecule has 3 atom stereocenters. The molecule has 1 aliphatic carbocycles. The van der Waals surface area contributed by atoms with E-state index in [1.165, 1.54) is 63.6 Å². The predicted molar refractivity (Wildman–Crippen MR) is 122 cm³/mol. The minimum absolute atomic E-state index is 0.551. The van der Waals surface area contributed by atoms with Gasteiger partial charge in [0.25, 0.3) is 0 Å². The summed E-state index contributed by atoms with van der Waals surface area (Å²) in [6.07, 6.45) is 11.4. The van der Waals surface area contributed by atoms with Crippen LogP contribution in [0, 0.1) is 5.92 Å². The van der Waals surface area contributed by atoms with E-state index in [0.717, 1.165) is 0 Å². The van der Waals surface area contributed by atoms with Crippen molar-refractivity contribution in [3.05, 3.63) is 47.5 Å². The highest BCUT2D eigenvalue weighted by atomic mass is 32.2. The lowest BCUT2D eigenvalue weighted by atomic mass is 9.79. The first-order chi connectivity index (χ1) is 13.2. The van der Waals surface area contributed by atoms with Crippen LogP contribution in [0.4, 0.5) is 0 Å². The van der Waals surface area contributed by atoms with Gasteiger partial charge in [-0.25, -0.2) is 0 Å². The predicted octanol–water partition coefficient (Wildman–Crippen LogP) is 6.09. The maximum atomic E-state index is 3.40. The van der Waals surface area contributed by atoms with E-state index in [2.05, 4.69) is 73.8 Å². The minimum atomic E-state index is 0.551. The van der Waals surface area contributed by atoms with Gasteiger partial charge < -0.3 is 0 Å². The fourth-order valence-corrected chi connectivity index (χ4v) is 5.27. The van der Waals surface area contributed by atoms with E-state index < -0.39 is 0 Å². The Morgan fingerprint density at radius 3 is 2.26 bits per heavy atom. The van der Waals surface area contributed by atoms with E-state index in [9.17, 15) is 0 Å². The molecule has 0 spiro atoms. The first-order valence-electron chi connectivity index (χ1n) is 11.0. The molecule has 3 unspecified atom stereocenters. The van der Waals surface area contributed by atoms with Crippen LogP contribution < -0.4 is 4.72 Å². The molecule has 152 valence electrons. The Balaban J connectivity index is 2.29. The van der Waals surface area contributed by atoms with Gasteiger partial charge in [0.1, 0.15) is 0 Å². The first kappa shape index (κ1) is 22.5. The average molecular weight is 389 g/mol. The van der Waals surface area contributed by atoms with Gasteiger partial charge in [-0.15, -0.1) is 0 Å². The maximum absolute atomic E-state index is 3.40. The van der Waals surface area contributed by atoms with Crippen molar-refractivity contribution in [2.45, 2.75) is 77.0 Å². The van der Waals surface area contributed by atoms with Crippen molar-refractivity contribution in [2.75, 3.05) is 20.1 Å². The Kier molecular flexibility index (Phi) is 10.5. The molecule has 0 saturated carbocycles. The van der Waals surface area contributed by atoms with Crippen molar-refractivity contribution in [2.24, 2.45) is 5.92 Å². The van der Waals surface area contributed by atoms with Crippen LogP contribution in [0.25, 0.3) is 0 Å². The maximum Gasteiger partial charge on any atom is 0.0421 e. The molecule has 2 nitrogen and oxygen atoms in total. The van der Waals surface area contributed by atoms with Crippen molar-refractivity contribution in [1.82, 2.24) is 9.62 Å². The summed E-state index contributed by atoms with van der Waals surface area (Å²) in [7, 11) is 2.07. The molecule has 0 saturated heterocycles. The summed E-state index contributed by atoms with van der Waals surface area (Å²) in [6.45, 7) is 9.46. The van der Waals surface area contributed by atoms with Gasteiger partial charge in [0.15, 0.2) is 0 Å². The van der Waals surface area contributed by atoms with Crippen molar-refractivity contribution in [1.29, 1.82) is 0 Å². The fraction of sp³-hybridized carbons (Fsp3) is 0.667. The van der Waals surface area contributed by atoms with Crippen LogP contribution >= 0.6 is 11.9 Å². The van der Waals surface area contributed by atoms with Gasteiger partial charge in [-0.3, -0.25) is 9.62 Å². The third kappa shape index (κ3) is 6.96. The molecular formula is C24H40N2S. The Morgan fingerprint density at radius 2 is 1.70 bits per heavy atom. The zero-order valence-electron chi connectivity index (χ0n) is 17.9. The van der Waals surface area contributed by atoms with Gasteiger partial charge in [-0.1, -0.05) is 87.5 Å². The molecule has 1 aliphatic rings. The van der Waals surface area contributed by atoms with Gasteiger partial charge in [-0.05, 0) is 63.7 Å². The molecule has 0 radical (unpaired) electrons. The van der Waals surface area contributed by atoms with Crippen LogP contribution in [0.3, 0.4) is 0 Å². The molecule has 0 amide bonds. The lowest BCUT2D eigenvalue weighted by Gasteiger charge is -2.43. The molecular weight excluding hydrogens is 348 g/mol. The normalized spacial score (nSPS) is 22.9. The largest absolute Gasteiger partial charge is 0.300 e. The number of nitrogens with one attached hydrogen (secondary N) is 1. The lowest BCUT2D eigenvalue weighted by Crippen LogP contribution is -2.48. The fourth-order valence-electron chi connectivity index (χ4n) is 4.29. The summed E-state index contributed by atoms with van der Waals surface area (Å²) in [5, 5.41) is 0.551. The van der Waals surface area contributed by atoms with Gasteiger partial charge in [0, 0.05) is 11.3 Å². The highest BCUT2D eigenvalue weighted by Crippen LogP contribution is 2.37. The van der Waals surface area contributed by atoms with Crippen LogP contribution in [0.1, 0.15) is 64.9 Å². The molecule has 1 aromatic carbocycles. The number of rotatable bonds is 12. The minimum Gasteiger partial charge on any atom is -0.300 e. The van der Waals surface area contributed by atoms with Crippen molar-refractivity contribution < 1.29 is 0 Å². The van der Waals surface area contributed by atoms with E-state index in [4.69, 9.17) is 0 Å². The summed E-state index contributed by atoms with van der Waals surface area (Å²) in [5.74, 6) is 0.661. The van der Waals surface area contributed by atoms with Crippen LogP contribution in [0.5, 0.6) is 0 Å². The Morgan fingerprint density at radius 1 is 1.04 bits per heavy atom. The van der Waals surface area contributed by atoms with E-state index in [0.29, 0.717) is 17.2 Å². The molecule has 1 N–H and O–H groups in total. The van der Waals surface area contributed by atoms with E-state index in [1.54, 1.807) is 5.57 Å². The number of hydrogen-bond donors (Lipinski definition) is 1. The summed E-state index contributed by atoms with van der Waals surface area (Å²) in [4.78, 5) is 2.84. The van der Waals surface area contributed by atoms with Crippen LogP contribution in [-0.2, 0) is 6.42 Å². The van der Waals surface area contributed by atoms with Crippen molar-refractivity contribution >= 4 is 11.9 Å². The smallest absolute Gasteiger partial charge is 0.0421 e. The lowest BCUT2D eigenvalue weighted by molar-refractivity contribution is 0.130. The topological polar surface area (TPSA) is 15.3 Å². The zero-order valence-corrected chi connectivity index (χ0v) is 18.7. The van der Waals surface area contributed by atoms with Crippen molar-refractivity contribution in [3.63, 3.8) is 0 Å². The Bertz CT molecular complexity index is 535. The third-order valence-corrected chi connectivity index (χ3v) is 6.87. The van der Waals surface area contributed by atoms with Crippen LogP contribution in [-0.4, -0.2) is 36.3 Å². The quantitative estimate of drug-likeness (QED) is 0.344. The second-order valence-corrected chi connectivity index (χ2v) is 9.02. The summed E-state index contributed by atoms with van der Waals surface area (Å²) in [6, 6.07) is 11.8. The van der Waals surface area contributed by atoms with Gasteiger partial charge in [0.2, 0.25) is 0 Å². The molecule has 3 heteroatoms. The first-order valence-corrected chi connectivity index (χ1v) is 11.9. The number of unbranched alkanes of at least 4 members (excludes halogenated alkanes) is 2. The Hall–Kier alpha value is -0.770. The highest BCUT2D eigenvalue weighted by Gasteiger charge is 2.36. The number of nitrogens with zero attached hydrogens (tertiary/aromatic N) is 1. The molecule has 0 aliphatic heterocycles. The van der Waals surface area contributed by atoms with Crippen LogP contribution in [0.2, 0.25) is 0 Å². The number of benzene rings is 1. The molecule has 0 aromatic heterocycles. The molecule has 1 aromatic rings. The van der Waals surface area contributed by atoms with Crippen molar-refractivity contribution in [3.8, 4) is 0 Å². The van der Waals surface area contributed by atoms with Gasteiger partial charge in [0.05, 0.1) is 0 Å². The summed E-state index contributed by atoms with van der Waals surface area (Å²) in [5.41, 5.74) is 3.13. The Labute approximate surface area is 172 Å².